The summed E-state index contributed by atoms with van der Waals surface area (Å²) >= 11 is 0. The van der Waals surface area contributed by atoms with Crippen LogP contribution >= 0.6 is 0 Å². The topological polar surface area (TPSA) is 18.5 Å². The lowest BCUT2D eigenvalue weighted by molar-refractivity contribution is 0.141. The average molecular weight is 206 g/mol. The SMILES string of the molecule is CC(C)c1cccc(O[C@H]2CCOC2)c1. The molecule has 15 heavy (non-hydrogen) atoms. The molecule has 1 aromatic carbocycles. The van der Waals surface area contributed by atoms with Gasteiger partial charge in [-0.25, -0.2) is 0 Å². The summed E-state index contributed by atoms with van der Waals surface area (Å²) in [6.07, 6.45) is 1.25. The molecule has 1 saturated heterocycles. The summed E-state index contributed by atoms with van der Waals surface area (Å²) < 4.78 is 11.1. The van der Waals surface area contributed by atoms with Crippen LogP contribution in [0.3, 0.4) is 0 Å². The molecular weight excluding hydrogens is 188 g/mol. The molecule has 0 bridgehead atoms. The van der Waals surface area contributed by atoms with Gasteiger partial charge in [0.1, 0.15) is 11.9 Å². The molecule has 0 aliphatic carbocycles. The van der Waals surface area contributed by atoms with Gasteiger partial charge in [0, 0.05) is 6.42 Å². The summed E-state index contributed by atoms with van der Waals surface area (Å²) in [5.74, 6) is 1.52. The molecule has 2 heteroatoms. The molecule has 0 amide bonds. The Labute approximate surface area is 91.2 Å². The molecule has 2 nitrogen and oxygen atoms in total. The minimum Gasteiger partial charge on any atom is -0.488 e. The summed E-state index contributed by atoms with van der Waals surface area (Å²) in [6.45, 7) is 5.94. The smallest absolute Gasteiger partial charge is 0.124 e. The Morgan fingerprint density at radius 2 is 2.27 bits per heavy atom. The molecular formula is C13H18O2. The number of hydrogen-bond acceptors (Lipinski definition) is 2. The molecule has 1 atom stereocenters. The van der Waals surface area contributed by atoms with Gasteiger partial charge < -0.3 is 9.47 Å². The summed E-state index contributed by atoms with van der Waals surface area (Å²) in [7, 11) is 0. The van der Waals surface area contributed by atoms with Crippen molar-refractivity contribution >= 4 is 0 Å². The lowest BCUT2D eigenvalue weighted by Gasteiger charge is -2.13. The summed E-state index contributed by atoms with van der Waals surface area (Å²) in [5.41, 5.74) is 1.33. The third kappa shape index (κ3) is 2.72. The molecule has 2 rings (SSSR count). The van der Waals surface area contributed by atoms with Crippen molar-refractivity contribution in [1.29, 1.82) is 0 Å². The summed E-state index contributed by atoms with van der Waals surface area (Å²) in [4.78, 5) is 0. The van der Waals surface area contributed by atoms with Crippen molar-refractivity contribution in [3.05, 3.63) is 29.8 Å². The van der Waals surface area contributed by atoms with Crippen molar-refractivity contribution in [3.63, 3.8) is 0 Å². The predicted octanol–water partition coefficient (Wildman–Crippen LogP) is 2.98. The Kier molecular flexibility index (Phi) is 3.27. The highest BCUT2D eigenvalue weighted by molar-refractivity contribution is 5.30. The van der Waals surface area contributed by atoms with Crippen LogP contribution in [0.5, 0.6) is 5.75 Å². The molecule has 1 aliphatic heterocycles. The van der Waals surface area contributed by atoms with E-state index in [9.17, 15) is 0 Å². The number of rotatable bonds is 3. The van der Waals surface area contributed by atoms with Crippen molar-refractivity contribution in [1.82, 2.24) is 0 Å². The van der Waals surface area contributed by atoms with Gasteiger partial charge in [0.15, 0.2) is 0 Å². The summed E-state index contributed by atoms with van der Waals surface area (Å²) in [6, 6.07) is 8.34. The first kappa shape index (κ1) is 10.5. The Morgan fingerprint density at radius 1 is 1.40 bits per heavy atom. The third-order valence-electron chi connectivity index (χ3n) is 2.72. The van der Waals surface area contributed by atoms with E-state index < -0.39 is 0 Å². The molecule has 1 aliphatic rings. The van der Waals surface area contributed by atoms with Gasteiger partial charge in [-0.2, -0.15) is 0 Å². The van der Waals surface area contributed by atoms with Gasteiger partial charge in [-0.15, -0.1) is 0 Å². The normalized spacial score (nSPS) is 20.9. The molecule has 1 aromatic rings. The first-order valence-electron chi connectivity index (χ1n) is 5.60. The largest absolute Gasteiger partial charge is 0.488 e. The van der Waals surface area contributed by atoms with E-state index in [0.717, 1.165) is 25.4 Å². The lowest BCUT2D eigenvalue weighted by atomic mass is 10.0. The average Bonchev–Trinajstić information content (AvgIpc) is 2.71. The van der Waals surface area contributed by atoms with Crippen LogP contribution in [0.1, 0.15) is 31.7 Å². The van der Waals surface area contributed by atoms with E-state index in [4.69, 9.17) is 9.47 Å². The predicted molar refractivity (Wildman–Crippen MR) is 60.4 cm³/mol. The quantitative estimate of drug-likeness (QED) is 0.757. The number of benzene rings is 1. The Morgan fingerprint density at radius 3 is 2.93 bits per heavy atom. The second-order valence-corrected chi connectivity index (χ2v) is 4.33. The van der Waals surface area contributed by atoms with Crippen molar-refractivity contribution in [2.24, 2.45) is 0 Å². The Balaban J connectivity index is 2.04. The number of hydrogen-bond donors (Lipinski definition) is 0. The molecule has 0 saturated carbocycles. The highest BCUT2D eigenvalue weighted by atomic mass is 16.5. The van der Waals surface area contributed by atoms with Gasteiger partial charge in [-0.3, -0.25) is 0 Å². The molecule has 1 fully saturated rings. The van der Waals surface area contributed by atoms with Crippen LogP contribution < -0.4 is 4.74 Å². The van der Waals surface area contributed by atoms with Gasteiger partial charge in [-0.1, -0.05) is 26.0 Å². The van der Waals surface area contributed by atoms with E-state index in [2.05, 4.69) is 32.0 Å². The van der Waals surface area contributed by atoms with Crippen LogP contribution in [-0.2, 0) is 4.74 Å². The van der Waals surface area contributed by atoms with Crippen molar-refractivity contribution in [3.8, 4) is 5.75 Å². The highest BCUT2D eigenvalue weighted by Crippen LogP contribution is 2.22. The third-order valence-corrected chi connectivity index (χ3v) is 2.72. The minimum absolute atomic E-state index is 0.243. The van der Waals surface area contributed by atoms with Gasteiger partial charge in [-0.05, 0) is 23.6 Å². The first-order chi connectivity index (χ1) is 7.25. The maximum Gasteiger partial charge on any atom is 0.124 e. The first-order valence-corrected chi connectivity index (χ1v) is 5.60. The molecule has 0 aromatic heterocycles. The molecule has 1 heterocycles. The minimum atomic E-state index is 0.243. The van der Waals surface area contributed by atoms with Gasteiger partial charge in [0.05, 0.1) is 13.2 Å². The molecule has 0 radical (unpaired) electrons. The van der Waals surface area contributed by atoms with E-state index in [1.807, 2.05) is 6.07 Å². The Bertz CT molecular complexity index is 314. The van der Waals surface area contributed by atoms with Crippen LogP contribution in [0.4, 0.5) is 0 Å². The monoisotopic (exact) mass is 206 g/mol. The van der Waals surface area contributed by atoms with Gasteiger partial charge in [0.2, 0.25) is 0 Å². The van der Waals surface area contributed by atoms with E-state index in [0.29, 0.717) is 5.92 Å². The zero-order chi connectivity index (χ0) is 10.7. The van der Waals surface area contributed by atoms with E-state index in [-0.39, 0.29) is 6.10 Å². The van der Waals surface area contributed by atoms with Crippen molar-refractivity contribution in [2.75, 3.05) is 13.2 Å². The molecule has 0 N–H and O–H groups in total. The van der Waals surface area contributed by atoms with Crippen molar-refractivity contribution < 1.29 is 9.47 Å². The van der Waals surface area contributed by atoms with Crippen LogP contribution in [-0.4, -0.2) is 19.3 Å². The zero-order valence-electron chi connectivity index (χ0n) is 9.40. The molecule has 0 unspecified atom stereocenters. The van der Waals surface area contributed by atoms with Crippen LogP contribution in [0.25, 0.3) is 0 Å². The van der Waals surface area contributed by atoms with E-state index in [1.54, 1.807) is 0 Å². The lowest BCUT2D eigenvalue weighted by Crippen LogP contribution is -2.15. The standard InChI is InChI=1S/C13H18O2/c1-10(2)11-4-3-5-12(8-11)15-13-6-7-14-9-13/h3-5,8,10,13H,6-7,9H2,1-2H3/t13-/m0/s1. The zero-order valence-corrected chi connectivity index (χ0v) is 9.40. The fourth-order valence-corrected chi connectivity index (χ4v) is 1.75. The number of ether oxygens (including phenoxy) is 2. The fourth-order valence-electron chi connectivity index (χ4n) is 1.75. The van der Waals surface area contributed by atoms with Crippen LogP contribution in [0.2, 0.25) is 0 Å². The maximum atomic E-state index is 5.84. The second kappa shape index (κ2) is 4.67. The molecule has 82 valence electrons. The van der Waals surface area contributed by atoms with Crippen LogP contribution in [0.15, 0.2) is 24.3 Å². The fraction of sp³-hybridized carbons (Fsp3) is 0.538. The van der Waals surface area contributed by atoms with E-state index >= 15 is 0 Å². The summed E-state index contributed by atoms with van der Waals surface area (Å²) in [5, 5.41) is 0. The van der Waals surface area contributed by atoms with Crippen molar-refractivity contribution in [2.45, 2.75) is 32.3 Å². The van der Waals surface area contributed by atoms with Gasteiger partial charge >= 0.3 is 0 Å². The highest BCUT2D eigenvalue weighted by Gasteiger charge is 2.17. The molecule has 0 spiro atoms. The Hall–Kier alpha value is -1.02. The van der Waals surface area contributed by atoms with Gasteiger partial charge in [0.25, 0.3) is 0 Å². The van der Waals surface area contributed by atoms with Crippen LogP contribution in [0, 0.1) is 0 Å². The second-order valence-electron chi connectivity index (χ2n) is 4.33. The van der Waals surface area contributed by atoms with E-state index in [1.165, 1.54) is 5.56 Å². The maximum absolute atomic E-state index is 5.84.